The van der Waals surface area contributed by atoms with Crippen molar-refractivity contribution in [3.63, 3.8) is 0 Å². The minimum absolute atomic E-state index is 0.0303. The lowest BCUT2D eigenvalue weighted by atomic mass is 9.83. The van der Waals surface area contributed by atoms with Crippen molar-refractivity contribution >= 4 is 11.9 Å². The Hall–Kier alpha value is -1.32. The summed E-state index contributed by atoms with van der Waals surface area (Å²) >= 11 is 0. The SMILES string of the molecule is CCCC1CCC(OC(=O)C2=CC3CCCCC3OC2=O)CC1. The van der Waals surface area contributed by atoms with Crippen molar-refractivity contribution in [3.8, 4) is 0 Å². The Morgan fingerprint density at radius 1 is 1.17 bits per heavy atom. The Kier molecular flexibility index (Phi) is 5.39. The topological polar surface area (TPSA) is 52.6 Å². The molecule has 23 heavy (non-hydrogen) atoms. The van der Waals surface area contributed by atoms with Crippen LogP contribution >= 0.6 is 0 Å². The van der Waals surface area contributed by atoms with Crippen molar-refractivity contribution in [3.05, 3.63) is 11.6 Å². The third kappa shape index (κ3) is 3.96. The van der Waals surface area contributed by atoms with Gasteiger partial charge in [-0.3, -0.25) is 0 Å². The monoisotopic (exact) mass is 320 g/mol. The molecule has 2 fully saturated rings. The molecular weight excluding hydrogens is 292 g/mol. The molecule has 3 rings (SSSR count). The minimum Gasteiger partial charge on any atom is -0.459 e. The maximum absolute atomic E-state index is 12.4. The first-order valence-corrected chi connectivity index (χ1v) is 9.31. The Bertz CT molecular complexity index is 474. The molecule has 0 amide bonds. The molecule has 2 saturated carbocycles. The van der Waals surface area contributed by atoms with Crippen LogP contribution in [-0.4, -0.2) is 24.1 Å². The standard InChI is InChI=1S/C19H28O4/c1-2-5-13-8-10-15(11-9-13)22-18(20)16-12-14-6-3-4-7-17(14)23-19(16)21/h12-15,17H,2-11H2,1H3. The van der Waals surface area contributed by atoms with Gasteiger partial charge in [-0.15, -0.1) is 0 Å². The van der Waals surface area contributed by atoms with E-state index in [0.29, 0.717) is 0 Å². The van der Waals surface area contributed by atoms with Crippen LogP contribution in [0.5, 0.6) is 0 Å². The number of fused-ring (bicyclic) bond motifs is 1. The highest BCUT2D eigenvalue weighted by molar-refractivity contribution is 6.14. The molecule has 2 atom stereocenters. The maximum Gasteiger partial charge on any atom is 0.345 e. The van der Waals surface area contributed by atoms with Gasteiger partial charge in [0.15, 0.2) is 0 Å². The highest BCUT2D eigenvalue weighted by atomic mass is 16.6. The van der Waals surface area contributed by atoms with Gasteiger partial charge in [-0.2, -0.15) is 0 Å². The first kappa shape index (κ1) is 16.5. The molecule has 1 heterocycles. The molecule has 1 aliphatic heterocycles. The van der Waals surface area contributed by atoms with E-state index in [4.69, 9.17) is 9.47 Å². The highest BCUT2D eigenvalue weighted by Gasteiger charge is 2.37. The van der Waals surface area contributed by atoms with Crippen LogP contribution in [0, 0.1) is 11.8 Å². The van der Waals surface area contributed by atoms with E-state index in [-0.39, 0.29) is 23.7 Å². The summed E-state index contributed by atoms with van der Waals surface area (Å²) < 4.78 is 11.1. The Morgan fingerprint density at radius 2 is 1.91 bits per heavy atom. The van der Waals surface area contributed by atoms with Gasteiger partial charge in [0.05, 0.1) is 0 Å². The molecule has 0 saturated heterocycles. The molecule has 0 aromatic carbocycles. The van der Waals surface area contributed by atoms with Crippen molar-refractivity contribution in [1.82, 2.24) is 0 Å². The molecule has 0 radical (unpaired) electrons. The molecule has 4 nitrogen and oxygen atoms in total. The summed E-state index contributed by atoms with van der Waals surface area (Å²) in [6, 6.07) is 0. The van der Waals surface area contributed by atoms with Crippen LogP contribution in [-0.2, 0) is 19.1 Å². The largest absolute Gasteiger partial charge is 0.459 e. The van der Waals surface area contributed by atoms with Crippen LogP contribution < -0.4 is 0 Å². The lowest BCUT2D eigenvalue weighted by molar-refractivity contribution is -0.157. The molecule has 2 aliphatic carbocycles. The molecular formula is C19H28O4. The molecule has 2 unspecified atom stereocenters. The zero-order chi connectivity index (χ0) is 16.2. The van der Waals surface area contributed by atoms with Crippen molar-refractivity contribution in [2.75, 3.05) is 0 Å². The minimum atomic E-state index is -0.488. The summed E-state index contributed by atoms with van der Waals surface area (Å²) in [7, 11) is 0. The van der Waals surface area contributed by atoms with Crippen LogP contribution in [0.2, 0.25) is 0 Å². The van der Waals surface area contributed by atoms with Gasteiger partial charge in [0, 0.05) is 5.92 Å². The third-order valence-corrected chi connectivity index (χ3v) is 5.60. The Balaban J connectivity index is 1.55. The number of ether oxygens (including phenoxy) is 2. The van der Waals surface area contributed by atoms with Crippen LogP contribution in [0.1, 0.15) is 71.1 Å². The second-order valence-electron chi connectivity index (χ2n) is 7.31. The summed E-state index contributed by atoms with van der Waals surface area (Å²) in [6.07, 6.45) is 12.5. The van der Waals surface area contributed by atoms with Gasteiger partial charge in [-0.25, -0.2) is 9.59 Å². The summed E-state index contributed by atoms with van der Waals surface area (Å²) in [5, 5.41) is 0. The predicted molar refractivity (Wildman–Crippen MR) is 86.7 cm³/mol. The number of carbonyl (C=O) groups excluding carboxylic acids is 2. The van der Waals surface area contributed by atoms with Gasteiger partial charge in [0.2, 0.25) is 0 Å². The first-order chi connectivity index (χ1) is 11.2. The molecule has 3 aliphatic rings. The lowest BCUT2D eigenvalue weighted by Gasteiger charge is -2.33. The predicted octanol–water partition coefficient (Wildman–Crippen LogP) is 3.93. The number of hydrogen-bond acceptors (Lipinski definition) is 4. The lowest BCUT2D eigenvalue weighted by Crippen LogP contribution is -2.37. The summed E-state index contributed by atoms with van der Waals surface area (Å²) in [6.45, 7) is 2.21. The van der Waals surface area contributed by atoms with Crippen LogP contribution in [0.15, 0.2) is 11.6 Å². The van der Waals surface area contributed by atoms with Gasteiger partial charge in [-0.1, -0.05) is 32.3 Å². The van der Waals surface area contributed by atoms with Crippen molar-refractivity contribution < 1.29 is 19.1 Å². The average Bonchev–Trinajstić information content (AvgIpc) is 2.56. The normalized spacial score (nSPS) is 34.1. The van der Waals surface area contributed by atoms with Gasteiger partial charge < -0.3 is 9.47 Å². The van der Waals surface area contributed by atoms with E-state index >= 15 is 0 Å². The first-order valence-electron chi connectivity index (χ1n) is 9.31. The van der Waals surface area contributed by atoms with Gasteiger partial charge in [0.25, 0.3) is 0 Å². The molecule has 0 aromatic rings. The van der Waals surface area contributed by atoms with Crippen LogP contribution in [0.4, 0.5) is 0 Å². The van der Waals surface area contributed by atoms with Crippen LogP contribution in [0.25, 0.3) is 0 Å². The zero-order valence-electron chi connectivity index (χ0n) is 14.1. The van der Waals surface area contributed by atoms with Gasteiger partial charge >= 0.3 is 11.9 Å². The van der Waals surface area contributed by atoms with E-state index in [0.717, 1.165) is 57.3 Å². The second kappa shape index (κ2) is 7.50. The number of rotatable bonds is 4. The zero-order valence-corrected chi connectivity index (χ0v) is 14.1. The number of hydrogen-bond donors (Lipinski definition) is 0. The van der Waals surface area contributed by atoms with E-state index in [9.17, 15) is 9.59 Å². The van der Waals surface area contributed by atoms with Gasteiger partial charge in [-0.05, 0) is 50.9 Å². The highest BCUT2D eigenvalue weighted by Crippen LogP contribution is 2.34. The quantitative estimate of drug-likeness (QED) is 0.582. The van der Waals surface area contributed by atoms with E-state index in [2.05, 4.69) is 6.92 Å². The van der Waals surface area contributed by atoms with Crippen molar-refractivity contribution in [2.45, 2.75) is 83.3 Å². The fourth-order valence-corrected chi connectivity index (χ4v) is 4.26. The number of esters is 2. The average molecular weight is 320 g/mol. The summed E-state index contributed by atoms with van der Waals surface area (Å²) in [5.74, 6) is 0.0110. The van der Waals surface area contributed by atoms with Crippen molar-refractivity contribution in [1.29, 1.82) is 0 Å². The van der Waals surface area contributed by atoms with E-state index < -0.39 is 11.9 Å². The third-order valence-electron chi connectivity index (χ3n) is 5.60. The molecule has 0 aromatic heterocycles. The summed E-state index contributed by atoms with van der Waals surface area (Å²) in [5.41, 5.74) is 0.129. The Labute approximate surface area is 138 Å². The number of carbonyl (C=O) groups is 2. The second-order valence-corrected chi connectivity index (χ2v) is 7.31. The van der Waals surface area contributed by atoms with E-state index in [1.54, 1.807) is 0 Å². The maximum atomic E-state index is 12.4. The van der Waals surface area contributed by atoms with E-state index in [1.807, 2.05) is 6.08 Å². The fraction of sp³-hybridized carbons (Fsp3) is 0.789. The van der Waals surface area contributed by atoms with E-state index in [1.165, 1.54) is 12.8 Å². The smallest absolute Gasteiger partial charge is 0.345 e. The van der Waals surface area contributed by atoms with Gasteiger partial charge in [0.1, 0.15) is 17.8 Å². The molecule has 0 bridgehead atoms. The molecule has 128 valence electrons. The Morgan fingerprint density at radius 3 is 2.65 bits per heavy atom. The molecule has 0 N–H and O–H groups in total. The summed E-state index contributed by atoms with van der Waals surface area (Å²) in [4.78, 5) is 24.4. The molecule has 0 spiro atoms. The van der Waals surface area contributed by atoms with Crippen molar-refractivity contribution in [2.24, 2.45) is 11.8 Å². The van der Waals surface area contributed by atoms with Crippen LogP contribution in [0.3, 0.4) is 0 Å². The molecule has 4 heteroatoms. The fourth-order valence-electron chi connectivity index (χ4n) is 4.26.